The Kier molecular flexibility index (Phi) is 5.26. The maximum Gasteiger partial charge on any atom is 0.148 e. The van der Waals surface area contributed by atoms with Crippen molar-refractivity contribution in [3.63, 3.8) is 0 Å². The molecular weight excluding hydrogens is 318 g/mol. The molecule has 0 amide bonds. The molecule has 0 N–H and O–H groups in total. The van der Waals surface area contributed by atoms with Crippen molar-refractivity contribution >= 4 is 27.6 Å². The summed E-state index contributed by atoms with van der Waals surface area (Å²) in [6.45, 7) is 13.1. The highest BCUT2D eigenvalue weighted by atomic mass is 15.1. The van der Waals surface area contributed by atoms with Crippen molar-refractivity contribution in [1.29, 1.82) is 0 Å². The van der Waals surface area contributed by atoms with Crippen molar-refractivity contribution < 1.29 is 0 Å². The van der Waals surface area contributed by atoms with Gasteiger partial charge in [0.15, 0.2) is 0 Å². The van der Waals surface area contributed by atoms with Gasteiger partial charge in [-0.3, -0.25) is 4.40 Å². The Morgan fingerprint density at radius 3 is 1.96 bits per heavy atom. The van der Waals surface area contributed by atoms with Crippen molar-refractivity contribution in [2.45, 2.75) is 47.5 Å². The van der Waals surface area contributed by atoms with Gasteiger partial charge in [0.2, 0.25) is 0 Å². The normalized spacial score (nSPS) is 11.7. The molecule has 2 aromatic carbocycles. The van der Waals surface area contributed by atoms with Crippen molar-refractivity contribution in [3.8, 4) is 0 Å². The number of para-hydroxylation sites is 3. The molecule has 4 aromatic rings. The van der Waals surface area contributed by atoms with Crippen LogP contribution >= 0.6 is 0 Å². The van der Waals surface area contributed by atoms with E-state index in [-0.39, 0.29) is 0 Å². The lowest BCUT2D eigenvalue weighted by atomic mass is 9.84. The van der Waals surface area contributed by atoms with Gasteiger partial charge in [-0.25, -0.2) is 9.97 Å². The monoisotopic (exact) mass is 347 g/mol. The van der Waals surface area contributed by atoms with E-state index in [0.717, 1.165) is 33.4 Å². The predicted octanol–water partition coefficient (Wildman–Crippen LogP) is 6.46. The second-order valence-electron chi connectivity index (χ2n) is 7.26. The highest BCUT2D eigenvalue weighted by Gasteiger charge is 2.26. The summed E-state index contributed by atoms with van der Waals surface area (Å²) in [5.74, 6) is 2.54. The summed E-state index contributed by atoms with van der Waals surface area (Å²) >= 11 is 0. The Bertz CT molecular complexity index is 1020. The van der Waals surface area contributed by atoms with Crippen LogP contribution in [0.5, 0.6) is 0 Å². The fraction of sp³-hybridized carbons (Fsp3) is 0.391. The van der Waals surface area contributed by atoms with E-state index in [9.17, 15) is 0 Å². The molecule has 0 aliphatic heterocycles. The van der Waals surface area contributed by atoms with Crippen molar-refractivity contribution in [2.75, 3.05) is 0 Å². The maximum absolute atomic E-state index is 5.09. The molecular formula is C23H29N3. The fourth-order valence-electron chi connectivity index (χ4n) is 3.96. The predicted molar refractivity (Wildman–Crippen MR) is 112 cm³/mol. The molecule has 0 fully saturated rings. The molecule has 0 atom stereocenters. The van der Waals surface area contributed by atoms with Gasteiger partial charge in [-0.05, 0) is 36.1 Å². The zero-order valence-corrected chi connectivity index (χ0v) is 16.7. The van der Waals surface area contributed by atoms with Crippen LogP contribution in [0.2, 0.25) is 0 Å². The first kappa shape index (κ1) is 18.4. The summed E-state index contributed by atoms with van der Waals surface area (Å²) in [5.41, 5.74) is 4.22. The molecule has 0 spiro atoms. The molecule has 0 aliphatic carbocycles. The van der Waals surface area contributed by atoms with Gasteiger partial charge in [-0.2, -0.15) is 0 Å². The number of aromatic nitrogens is 3. The van der Waals surface area contributed by atoms with Crippen molar-refractivity contribution in [2.24, 2.45) is 11.8 Å². The second-order valence-corrected chi connectivity index (χ2v) is 7.26. The third-order valence-electron chi connectivity index (χ3n) is 4.90. The Morgan fingerprint density at radius 2 is 1.31 bits per heavy atom. The number of hydrogen-bond acceptors (Lipinski definition) is 2. The standard InChI is InChI=1S/C21H23N3.C2H6/c1-13(2)19(14(3)4)21-22-16-10-6-5-9-15(16)20-23-17-11-7-8-12-18(17)24(20)21;1-2/h5-14,19H,1-4H3;1-2H3. The van der Waals surface area contributed by atoms with Crippen LogP contribution in [0.4, 0.5) is 0 Å². The molecule has 3 nitrogen and oxygen atoms in total. The minimum absolute atomic E-state index is 0.384. The lowest BCUT2D eigenvalue weighted by Crippen LogP contribution is -2.19. The zero-order chi connectivity index (χ0) is 18.8. The van der Waals surface area contributed by atoms with E-state index in [4.69, 9.17) is 9.97 Å². The smallest absolute Gasteiger partial charge is 0.148 e. The Labute approximate surface area is 156 Å². The van der Waals surface area contributed by atoms with Crippen LogP contribution in [-0.4, -0.2) is 14.4 Å². The van der Waals surface area contributed by atoms with E-state index in [2.05, 4.69) is 74.6 Å². The molecule has 0 unspecified atom stereocenters. The van der Waals surface area contributed by atoms with Crippen LogP contribution in [0.1, 0.15) is 53.3 Å². The van der Waals surface area contributed by atoms with Crippen LogP contribution in [0, 0.1) is 11.8 Å². The number of imidazole rings is 1. The first-order valence-electron chi connectivity index (χ1n) is 9.73. The van der Waals surface area contributed by atoms with Gasteiger partial charge in [-0.1, -0.05) is 65.8 Å². The van der Waals surface area contributed by atoms with Gasteiger partial charge in [-0.15, -0.1) is 0 Å². The van der Waals surface area contributed by atoms with Crippen LogP contribution in [0.15, 0.2) is 48.5 Å². The number of rotatable bonds is 3. The highest BCUT2D eigenvalue weighted by Crippen LogP contribution is 2.34. The molecule has 3 heteroatoms. The summed E-state index contributed by atoms with van der Waals surface area (Å²) < 4.78 is 2.28. The maximum atomic E-state index is 5.09. The molecule has 2 heterocycles. The molecule has 4 rings (SSSR count). The van der Waals surface area contributed by atoms with Crippen molar-refractivity contribution in [1.82, 2.24) is 14.4 Å². The largest absolute Gasteiger partial charge is 0.279 e. The van der Waals surface area contributed by atoms with Crippen LogP contribution in [0.3, 0.4) is 0 Å². The third-order valence-corrected chi connectivity index (χ3v) is 4.90. The van der Waals surface area contributed by atoms with Gasteiger partial charge >= 0.3 is 0 Å². The SMILES string of the molecule is CC.CC(C)C(c1nc2ccccc2c2nc3ccccc3n12)C(C)C. The van der Waals surface area contributed by atoms with Crippen molar-refractivity contribution in [3.05, 3.63) is 54.4 Å². The molecule has 136 valence electrons. The molecule has 2 aromatic heterocycles. The van der Waals surface area contributed by atoms with E-state index in [0.29, 0.717) is 17.8 Å². The van der Waals surface area contributed by atoms with Crippen LogP contribution in [-0.2, 0) is 0 Å². The fourth-order valence-corrected chi connectivity index (χ4v) is 3.96. The summed E-state index contributed by atoms with van der Waals surface area (Å²) in [7, 11) is 0. The highest BCUT2D eigenvalue weighted by molar-refractivity contribution is 5.96. The number of fused-ring (bicyclic) bond motifs is 5. The van der Waals surface area contributed by atoms with E-state index in [1.807, 2.05) is 19.9 Å². The minimum atomic E-state index is 0.384. The Balaban J connectivity index is 0.000000948. The molecule has 0 radical (unpaired) electrons. The Morgan fingerprint density at radius 1 is 0.731 bits per heavy atom. The summed E-state index contributed by atoms with van der Waals surface area (Å²) in [6, 6.07) is 16.7. The van der Waals surface area contributed by atoms with Gasteiger partial charge in [0.25, 0.3) is 0 Å². The van der Waals surface area contributed by atoms with Gasteiger partial charge in [0.05, 0.1) is 16.6 Å². The van der Waals surface area contributed by atoms with Gasteiger partial charge < -0.3 is 0 Å². The first-order valence-corrected chi connectivity index (χ1v) is 9.73. The Hall–Kier alpha value is -2.42. The number of benzene rings is 2. The van der Waals surface area contributed by atoms with E-state index in [1.165, 1.54) is 0 Å². The molecule has 26 heavy (non-hydrogen) atoms. The molecule has 0 saturated heterocycles. The third kappa shape index (κ3) is 2.96. The zero-order valence-electron chi connectivity index (χ0n) is 16.7. The average molecular weight is 348 g/mol. The van der Waals surface area contributed by atoms with Crippen LogP contribution in [0.25, 0.3) is 27.6 Å². The lowest BCUT2D eigenvalue weighted by molar-refractivity contribution is 0.370. The lowest BCUT2D eigenvalue weighted by Gasteiger charge is -2.25. The summed E-state index contributed by atoms with van der Waals surface area (Å²) in [5, 5.41) is 1.11. The van der Waals surface area contributed by atoms with Gasteiger partial charge in [0.1, 0.15) is 11.5 Å². The number of hydrogen-bond donors (Lipinski definition) is 0. The van der Waals surface area contributed by atoms with E-state index >= 15 is 0 Å². The van der Waals surface area contributed by atoms with Gasteiger partial charge in [0, 0.05) is 11.3 Å². The quantitative estimate of drug-likeness (QED) is 0.426. The second kappa shape index (κ2) is 7.45. The average Bonchev–Trinajstić information content (AvgIpc) is 3.03. The minimum Gasteiger partial charge on any atom is -0.279 e. The topological polar surface area (TPSA) is 30.2 Å². The van der Waals surface area contributed by atoms with E-state index in [1.54, 1.807) is 0 Å². The molecule has 0 saturated carbocycles. The summed E-state index contributed by atoms with van der Waals surface area (Å²) in [4.78, 5) is 10.0. The molecule has 0 bridgehead atoms. The summed E-state index contributed by atoms with van der Waals surface area (Å²) in [6.07, 6.45) is 0. The first-order chi connectivity index (χ1) is 12.6. The molecule has 0 aliphatic rings. The van der Waals surface area contributed by atoms with E-state index < -0.39 is 0 Å². The van der Waals surface area contributed by atoms with Crippen LogP contribution < -0.4 is 0 Å². The number of nitrogens with zero attached hydrogens (tertiary/aromatic N) is 3.